The molecule has 0 fully saturated rings. The lowest BCUT2D eigenvalue weighted by atomic mass is 10.2. The SMILES string of the molecule is Cc1ccnc(Oc2ccccc2C(N)=O)c1N. The first-order chi connectivity index (χ1) is 8.59. The summed E-state index contributed by atoms with van der Waals surface area (Å²) in [6, 6.07) is 8.46. The maximum Gasteiger partial charge on any atom is 0.252 e. The number of benzene rings is 1. The van der Waals surface area contributed by atoms with Crippen LogP contribution in [0.15, 0.2) is 36.5 Å². The Bertz CT molecular complexity index is 597. The molecule has 0 aliphatic rings. The molecule has 18 heavy (non-hydrogen) atoms. The third-order valence-corrected chi connectivity index (χ3v) is 2.53. The second-order valence-corrected chi connectivity index (χ2v) is 3.81. The zero-order valence-corrected chi connectivity index (χ0v) is 9.88. The number of hydrogen-bond acceptors (Lipinski definition) is 4. The van der Waals surface area contributed by atoms with Crippen LogP contribution in [0.3, 0.4) is 0 Å². The van der Waals surface area contributed by atoms with E-state index in [4.69, 9.17) is 16.2 Å². The summed E-state index contributed by atoms with van der Waals surface area (Å²) < 4.78 is 5.55. The number of primary amides is 1. The number of para-hydroxylation sites is 1. The molecule has 0 atom stereocenters. The number of carbonyl (C=O) groups is 1. The van der Waals surface area contributed by atoms with Gasteiger partial charge in [0, 0.05) is 6.20 Å². The number of aromatic nitrogens is 1. The number of rotatable bonds is 3. The Morgan fingerprint density at radius 3 is 2.72 bits per heavy atom. The van der Waals surface area contributed by atoms with Crippen molar-refractivity contribution in [1.29, 1.82) is 0 Å². The molecule has 4 N–H and O–H groups in total. The lowest BCUT2D eigenvalue weighted by Crippen LogP contribution is -2.12. The molecule has 2 rings (SSSR count). The molecule has 2 aromatic rings. The second-order valence-electron chi connectivity index (χ2n) is 3.81. The van der Waals surface area contributed by atoms with Crippen LogP contribution < -0.4 is 16.2 Å². The minimum Gasteiger partial charge on any atom is -0.436 e. The Morgan fingerprint density at radius 1 is 1.28 bits per heavy atom. The summed E-state index contributed by atoms with van der Waals surface area (Å²) in [5.41, 5.74) is 12.7. The highest BCUT2D eigenvalue weighted by Crippen LogP contribution is 2.29. The van der Waals surface area contributed by atoms with Gasteiger partial charge in [-0.2, -0.15) is 0 Å². The van der Waals surface area contributed by atoms with Gasteiger partial charge in [-0.1, -0.05) is 12.1 Å². The van der Waals surface area contributed by atoms with Crippen LogP contribution in [0.2, 0.25) is 0 Å². The minimum absolute atomic E-state index is 0.267. The predicted octanol–water partition coefficient (Wildman–Crippen LogP) is 1.86. The van der Waals surface area contributed by atoms with Crippen LogP contribution in [-0.4, -0.2) is 10.9 Å². The van der Waals surface area contributed by atoms with E-state index < -0.39 is 5.91 Å². The van der Waals surface area contributed by atoms with Crippen LogP contribution in [0.5, 0.6) is 11.6 Å². The molecule has 1 aromatic carbocycles. The molecule has 0 saturated carbocycles. The molecular weight excluding hydrogens is 230 g/mol. The molecule has 0 unspecified atom stereocenters. The van der Waals surface area contributed by atoms with Gasteiger partial charge in [-0.15, -0.1) is 0 Å². The smallest absolute Gasteiger partial charge is 0.252 e. The maximum atomic E-state index is 11.3. The number of ether oxygens (including phenoxy) is 1. The summed E-state index contributed by atoms with van der Waals surface area (Å²) in [6.07, 6.45) is 1.59. The summed E-state index contributed by atoms with van der Waals surface area (Å²) in [6.45, 7) is 1.85. The van der Waals surface area contributed by atoms with E-state index in [1.54, 1.807) is 36.5 Å². The van der Waals surface area contributed by atoms with E-state index in [0.29, 0.717) is 17.0 Å². The first-order valence-electron chi connectivity index (χ1n) is 5.37. The van der Waals surface area contributed by atoms with Crippen molar-refractivity contribution in [2.75, 3.05) is 5.73 Å². The van der Waals surface area contributed by atoms with Gasteiger partial charge in [0.25, 0.3) is 5.91 Å². The summed E-state index contributed by atoms with van der Waals surface area (Å²) in [5, 5.41) is 0. The van der Waals surface area contributed by atoms with E-state index in [1.165, 1.54) is 0 Å². The molecule has 0 bridgehead atoms. The highest BCUT2D eigenvalue weighted by molar-refractivity contribution is 5.95. The highest BCUT2D eigenvalue weighted by Gasteiger charge is 2.12. The van der Waals surface area contributed by atoms with Gasteiger partial charge in [0.15, 0.2) is 0 Å². The number of nitrogens with two attached hydrogens (primary N) is 2. The average molecular weight is 243 g/mol. The third-order valence-electron chi connectivity index (χ3n) is 2.53. The van der Waals surface area contributed by atoms with Crippen LogP contribution in [-0.2, 0) is 0 Å². The Balaban J connectivity index is 2.40. The van der Waals surface area contributed by atoms with Crippen LogP contribution in [0.25, 0.3) is 0 Å². The molecule has 1 aromatic heterocycles. The number of nitrogens with zero attached hydrogens (tertiary/aromatic N) is 1. The first kappa shape index (κ1) is 11.9. The van der Waals surface area contributed by atoms with E-state index in [0.717, 1.165) is 5.56 Å². The van der Waals surface area contributed by atoms with Crippen molar-refractivity contribution in [2.45, 2.75) is 6.92 Å². The molecule has 92 valence electrons. The molecule has 0 aliphatic carbocycles. The fraction of sp³-hybridized carbons (Fsp3) is 0.0769. The van der Waals surface area contributed by atoms with Gasteiger partial charge in [-0.25, -0.2) is 4.98 Å². The summed E-state index contributed by atoms with van der Waals surface area (Å²) in [4.78, 5) is 15.3. The van der Waals surface area contributed by atoms with Crippen molar-refractivity contribution >= 4 is 11.6 Å². The molecule has 0 spiro atoms. The predicted molar refractivity (Wildman–Crippen MR) is 68.4 cm³/mol. The van der Waals surface area contributed by atoms with Gasteiger partial charge in [0.05, 0.1) is 11.3 Å². The monoisotopic (exact) mass is 243 g/mol. The first-order valence-corrected chi connectivity index (χ1v) is 5.37. The molecule has 0 saturated heterocycles. The maximum absolute atomic E-state index is 11.3. The minimum atomic E-state index is -0.558. The fourth-order valence-electron chi connectivity index (χ4n) is 1.49. The molecule has 1 heterocycles. The van der Waals surface area contributed by atoms with E-state index in [9.17, 15) is 4.79 Å². The van der Waals surface area contributed by atoms with E-state index in [2.05, 4.69) is 4.98 Å². The van der Waals surface area contributed by atoms with Crippen molar-refractivity contribution < 1.29 is 9.53 Å². The molecular formula is C13H13N3O2. The number of pyridine rings is 1. The molecule has 0 aliphatic heterocycles. The van der Waals surface area contributed by atoms with Crippen molar-refractivity contribution in [1.82, 2.24) is 4.98 Å². The molecule has 5 heteroatoms. The number of anilines is 1. The fourth-order valence-corrected chi connectivity index (χ4v) is 1.49. The van der Waals surface area contributed by atoms with E-state index >= 15 is 0 Å². The van der Waals surface area contributed by atoms with Crippen LogP contribution in [0.1, 0.15) is 15.9 Å². The quantitative estimate of drug-likeness (QED) is 0.860. The lowest BCUT2D eigenvalue weighted by Gasteiger charge is -2.10. The highest BCUT2D eigenvalue weighted by atomic mass is 16.5. The van der Waals surface area contributed by atoms with E-state index in [-0.39, 0.29) is 5.88 Å². The standard InChI is InChI=1S/C13H13N3O2/c1-8-6-7-16-13(11(8)14)18-10-5-3-2-4-9(10)12(15)17/h2-7H,14H2,1H3,(H2,15,17). The number of hydrogen-bond donors (Lipinski definition) is 2. The number of nitrogen functional groups attached to an aromatic ring is 1. The lowest BCUT2D eigenvalue weighted by molar-refractivity contribution is 0.0998. The molecule has 5 nitrogen and oxygen atoms in total. The van der Waals surface area contributed by atoms with Gasteiger partial charge in [0.2, 0.25) is 5.88 Å². The summed E-state index contributed by atoms with van der Waals surface area (Å²) >= 11 is 0. The van der Waals surface area contributed by atoms with Crippen LogP contribution >= 0.6 is 0 Å². The van der Waals surface area contributed by atoms with Gasteiger partial charge >= 0.3 is 0 Å². The topological polar surface area (TPSA) is 91.2 Å². The van der Waals surface area contributed by atoms with Crippen molar-refractivity contribution in [3.05, 3.63) is 47.7 Å². The van der Waals surface area contributed by atoms with Gasteiger partial charge in [0.1, 0.15) is 5.75 Å². The zero-order valence-electron chi connectivity index (χ0n) is 9.88. The van der Waals surface area contributed by atoms with Gasteiger partial charge in [-0.05, 0) is 30.7 Å². The second kappa shape index (κ2) is 4.75. The Morgan fingerprint density at radius 2 is 2.00 bits per heavy atom. The van der Waals surface area contributed by atoms with Gasteiger partial charge in [-0.3, -0.25) is 4.79 Å². The van der Waals surface area contributed by atoms with Crippen molar-refractivity contribution in [3.8, 4) is 11.6 Å². The summed E-state index contributed by atoms with van der Waals surface area (Å²) in [5.74, 6) is 0.0512. The Kier molecular flexibility index (Phi) is 3.14. The largest absolute Gasteiger partial charge is 0.436 e. The Hall–Kier alpha value is -2.56. The van der Waals surface area contributed by atoms with E-state index in [1.807, 2.05) is 6.92 Å². The molecule has 0 radical (unpaired) electrons. The molecule has 1 amide bonds. The van der Waals surface area contributed by atoms with Crippen LogP contribution in [0, 0.1) is 6.92 Å². The Labute approximate surface area is 104 Å². The zero-order chi connectivity index (χ0) is 13.1. The summed E-state index contributed by atoms with van der Waals surface area (Å²) in [7, 11) is 0. The number of carbonyl (C=O) groups excluding carboxylic acids is 1. The van der Waals surface area contributed by atoms with Crippen molar-refractivity contribution in [2.24, 2.45) is 5.73 Å². The van der Waals surface area contributed by atoms with Gasteiger partial charge < -0.3 is 16.2 Å². The van der Waals surface area contributed by atoms with Crippen LogP contribution in [0.4, 0.5) is 5.69 Å². The third kappa shape index (κ3) is 2.24. The van der Waals surface area contributed by atoms with Crippen molar-refractivity contribution in [3.63, 3.8) is 0 Å². The number of aryl methyl sites for hydroxylation is 1. The average Bonchev–Trinajstić information content (AvgIpc) is 2.35. The number of amides is 1. The normalized spacial score (nSPS) is 10.1.